The Labute approximate surface area is 111 Å². The van der Waals surface area contributed by atoms with Gasteiger partial charge in [0.05, 0.1) is 0 Å². The molecule has 2 N–H and O–H groups in total. The quantitative estimate of drug-likeness (QED) is 0.748. The van der Waals surface area contributed by atoms with Gasteiger partial charge in [0, 0.05) is 18.3 Å². The van der Waals surface area contributed by atoms with Gasteiger partial charge in [-0.15, -0.1) is 0 Å². The summed E-state index contributed by atoms with van der Waals surface area (Å²) in [5, 5.41) is 0. The fourth-order valence-electron chi connectivity index (χ4n) is 2.30. The molecule has 0 atom stereocenters. The first kappa shape index (κ1) is 13.4. The van der Waals surface area contributed by atoms with E-state index in [2.05, 4.69) is 30.9 Å². The van der Waals surface area contributed by atoms with Gasteiger partial charge in [-0.2, -0.15) is 0 Å². The molecular formula is C16H26N2. The molecule has 0 aromatic heterocycles. The first-order valence-corrected chi connectivity index (χ1v) is 7.23. The molecular weight excluding hydrogens is 220 g/mol. The van der Waals surface area contributed by atoms with Crippen LogP contribution in [0.4, 0.5) is 5.69 Å². The number of rotatable bonds is 7. The number of nitrogens with two attached hydrogens (primary N) is 1. The number of benzene rings is 1. The third kappa shape index (κ3) is 4.34. The first-order chi connectivity index (χ1) is 8.65. The summed E-state index contributed by atoms with van der Waals surface area (Å²) in [4.78, 5) is 2.68. The van der Waals surface area contributed by atoms with E-state index in [1.807, 2.05) is 12.1 Å². The summed E-state index contributed by atoms with van der Waals surface area (Å²) < 4.78 is 0. The number of hydrogen-bond donors (Lipinski definition) is 1. The van der Waals surface area contributed by atoms with E-state index in [0.717, 1.165) is 24.1 Å². The SMILES string of the molecule is CC(C)CCN(CCc1ccc(N)cc1)C1CC1. The van der Waals surface area contributed by atoms with Crippen molar-refractivity contribution in [2.45, 2.75) is 45.6 Å². The zero-order chi connectivity index (χ0) is 13.0. The van der Waals surface area contributed by atoms with Gasteiger partial charge < -0.3 is 10.6 Å². The van der Waals surface area contributed by atoms with Gasteiger partial charge in [0.15, 0.2) is 0 Å². The molecule has 0 bridgehead atoms. The summed E-state index contributed by atoms with van der Waals surface area (Å²) in [7, 11) is 0. The van der Waals surface area contributed by atoms with Gasteiger partial charge >= 0.3 is 0 Å². The fraction of sp³-hybridized carbons (Fsp3) is 0.625. The van der Waals surface area contributed by atoms with Crippen LogP contribution in [0.25, 0.3) is 0 Å². The average Bonchev–Trinajstić information content (AvgIpc) is 3.15. The second-order valence-electron chi connectivity index (χ2n) is 5.94. The van der Waals surface area contributed by atoms with Gasteiger partial charge in [-0.3, -0.25) is 0 Å². The van der Waals surface area contributed by atoms with Crippen molar-refractivity contribution in [3.8, 4) is 0 Å². The second-order valence-corrected chi connectivity index (χ2v) is 5.94. The van der Waals surface area contributed by atoms with Crippen LogP contribution in [0.1, 0.15) is 38.7 Å². The molecule has 1 fully saturated rings. The molecule has 18 heavy (non-hydrogen) atoms. The molecule has 0 saturated heterocycles. The molecule has 2 rings (SSSR count). The van der Waals surface area contributed by atoms with E-state index >= 15 is 0 Å². The minimum Gasteiger partial charge on any atom is -0.399 e. The Bertz CT molecular complexity index is 352. The summed E-state index contributed by atoms with van der Waals surface area (Å²) in [5.41, 5.74) is 7.97. The van der Waals surface area contributed by atoms with Crippen LogP contribution in [0.3, 0.4) is 0 Å². The molecule has 1 aromatic carbocycles. The number of nitrogen functional groups attached to an aromatic ring is 1. The summed E-state index contributed by atoms with van der Waals surface area (Å²) in [5.74, 6) is 0.808. The van der Waals surface area contributed by atoms with E-state index in [0.29, 0.717) is 0 Å². The van der Waals surface area contributed by atoms with Gasteiger partial charge in [-0.25, -0.2) is 0 Å². The molecule has 1 aliphatic carbocycles. The average molecular weight is 246 g/mol. The van der Waals surface area contributed by atoms with Gasteiger partial charge in [0.25, 0.3) is 0 Å². The normalized spacial score (nSPS) is 15.6. The monoisotopic (exact) mass is 246 g/mol. The van der Waals surface area contributed by atoms with Crippen LogP contribution < -0.4 is 5.73 Å². The molecule has 1 aromatic rings. The van der Waals surface area contributed by atoms with E-state index in [9.17, 15) is 0 Å². The van der Waals surface area contributed by atoms with Crippen molar-refractivity contribution in [1.29, 1.82) is 0 Å². The Kier molecular flexibility index (Phi) is 4.65. The molecule has 2 nitrogen and oxygen atoms in total. The number of anilines is 1. The lowest BCUT2D eigenvalue weighted by molar-refractivity contribution is 0.250. The maximum atomic E-state index is 5.71. The summed E-state index contributed by atoms with van der Waals surface area (Å²) in [6, 6.07) is 9.19. The minimum atomic E-state index is 0.808. The Hall–Kier alpha value is -1.02. The summed E-state index contributed by atoms with van der Waals surface area (Å²) in [6.45, 7) is 7.08. The molecule has 2 heteroatoms. The number of hydrogen-bond acceptors (Lipinski definition) is 2. The third-order valence-corrected chi connectivity index (χ3v) is 3.72. The van der Waals surface area contributed by atoms with Crippen LogP contribution in [0.5, 0.6) is 0 Å². The zero-order valence-corrected chi connectivity index (χ0v) is 11.7. The maximum absolute atomic E-state index is 5.71. The lowest BCUT2D eigenvalue weighted by Crippen LogP contribution is -2.30. The molecule has 0 aliphatic heterocycles. The van der Waals surface area contributed by atoms with Crippen LogP contribution in [0.15, 0.2) is 24.3 Å². The highest BCUT2D eigenvalue weighted by atomic mass is 15.2. The van der Waals surface area contributed by atoms with E-state index in [1.54, 1.807) is 0 Å². The summed E-state index contributed by atoms with van der Waals surface area (Å²) >= 11 is 0. The van der Waals surface area contributed by atoms with Gasteiger partial charge in [-0.1, -0.05) is 26.0 Å². The van der Waals surface area contributed by atoms with Crippen molar-refractivity contribution in [3.63, 3.8) is 0 Å². The van der Waals surface area contributed by atoms with Crippen molar-refractivity contribution in [2.24, 2.45) is 5.92 Å². The maximum Gasteiger partial charge on any atom is 0.0314 e. The summed E-state index contributed by atoms with van der Waals surface area (Å²) in [6.07, 6.45) is 5.27. The van der Waals surface area contributed by atoms with Crippen LogP contribution >= 0.6 is 0 Å². The predicted octanol–water partition coefficient (Wildman–Crippen LogP) is 3.32. The van der Waals surface area contributed by atoms with Gasteiger partial charge in [-0.05, 0) is 55.8 Å². The van der Waals surface area contributed by atoms with Gasteiger partial charge in [0.2, 0.25) is 0 Å². The topological polar surface area (TPSA) is 29.3 Å². The van der Waals surface area contributed by atoms with Crippen molar-refractivity contribution < 1.29 is 0 Å². The highest BCUT2D eigenvalue weighted by Gasteiger charge is 2.28. The van der Waals surface area contributed by atoms with E-state index < -0.39 is 0 Å². The van der Waals surface area contributed by atoms with E-state index in [4.69, 9.17) is 5.73 Å². The highest BCUT2D eigenvalue weighted by Crippen LogP contribution is 2.27. The Morgan fingerprint density at radius 3 is 2.39 bits per heavy atom. The predicted molar refractivity (Wildman–Crippen MR) is 78.6 cm³/mol. The van der Waals surface area contributed by atoms with Crippen LogP contribution in [-0.4, -0.2) is 24.0 Å². The van der Waals surface area contributed by atoms with Crippen LogP contribution in [0, 0.1) is 5.92 Å². The van der Waals surface area contributed by atoms with E-state index in [1.165, 1.54) is 37.9 Å². The first-order valence-electron chi connectivity index (χ1n) is 7.23. The third-order valence-electron chi connectivity index (χ3n) is 3.72. The van der Waals surface area contributed by atoms with Crippen LogP contribution in [-0.2, 0) is 6.42 Å². The smallest absolute Gasteiger partial charge is 0.0314 e. The molecule has 0 unspecified atom stereocenters. The lowest BCUT2D eigenvalue weighted by Gasteiger charge is -2.23. The molecule has 100 valence electrons. The van der Waals surface area contributed by atoms with Crippen molar-refractivity contribution >= 4 is 5.69 Å². The standard InChI is InChI=1S/C16H26N2/c1-13(2)9-11-18(16-7-8-16)12-10-14-3-5-15(17)6-4-14/h3-6,13,16H,7-12,17H2,1-2H3. The van der Waals surface area contributed by atoms with Crippen molar-refractivity contribution in [1.82, 2.24) is 4.90 Å². The molecule has 0 amide bonds. The molecule has 1 saturated carbocycles. The lowest BCUT2D eigenvalue weighted by atomic mass is 10.1. The second kappa shape index (κ2) is 6.24. The molecule has 1 aliphatic rings. The van der Waals surface area contributed by atoms with Crippen LogP contribution in [0.2, 0.25) is 0 Å². The molecule has 0 heterocycles. The van der Waals surface area contributed by atoms with E-state index in [-0.39, 0.29) is 0 Å². The molecule has 0 spiro atoms. The largest absolute Gasteiger partial charge is 0.399 e. The Balaban J connectivity index is 1.80. The number of nitrogens with zero attached hydrogens (tertiary/aromatic N) is 1. The molecule has 0 radical (unpaired) electrons. The highest BCUT2D eigenvalue weighted by molar-refractivity contribution is 5.39. The Morgan fingerprint density at radius 2 is 1.83 bits per heavy atom. The van der Waals surface area contributed by atoms with Crippen molar-refractivity contribution in [2.75, 3.05) is 18.8 Å². The zero-order valence-electron chi connectivity index (χ0n) is 11.7. The van der Waals surface area contributed by atoms with Crippen molar-refractivity contribution in [3.05, 3.63) is 29.8 Å². The fourth-order valence-corrected chi connectivity index (χ4v) is 2.30. The Morgan fingerprint density at radius 1 is 1.17 bits per heavy atom. The van der Waals surface area contributed by atoms with Gasteiger partial charge in [0.1, 0.15) is 0 Å². The minimum absolute atomic E-state index is 0.808.